The molecule has 2 saturated heterocycles. The van der Waals surface area contributed by atoms with Crippen LogP contribution in [0.1, 0.15) is 43.2 Å². The quantitative estimate of drug-likeness (QED) is 0.175. The Labute approximate surface area is 252 Å². The van der Waals surface area contributed by atoms with E-state index in [0.717, 1.165) is 25.7 Å². The van der Waals surface area contributed by atoms with E-state index in [1.165, 1.54) is 12.1 Å². The van der Waals surface area contributed by atoms with E-state index in [0.29, 0.717) is 55.3 Å². The molecule has 2 aliphatic heterocycles. The van der Waals surface area contributed by atoms with Crippen LogP contribution in [0.4, 0.5) is 5.69 Å². The van der Waals surface area contributed by atoms with Gasteiger partial charge in [0.1, 0.15) is 11.9 Å². The van der Waals surface area contributed by atoms with Gasteiger partial charge in [-0.2, -0.15) is 4.72 Å². The number of hydrogen-bond donors (Lipinski definition) is 5. The summed E-state index contributed by atoms with van der Waals surface area (Å²) in [6.45, 7) is 2.19. The van der Waals surface area contributed by atoms with Gasteiger partial charge in [-0.25, -0.2) is 8.42 Å². The maximum atomic E-state index is 13.9. The highest BCUT2D eigenvalue weighted by Crippen LogP contribution is 2.25. The smallest absolute Gasteiger partial charge is 0.241 e. The lowest BCUT2D eigenvalue weighted by molar-refractivity contribution is -0.134. The van der Waals surface area contributed by atoms with Crippen LogP contribution in [0, 0.1) is 11.3 Å². The fourth-order valence-corrected chi connectivity index (χ4v) is 6.80. The third kappa shape index (κ3) is 8.62. The van der Waals surface area contributed by atoms with Crippen LogP contribution in [0.2, 0.25) is 0 Å². The second-order valence-corrected chi connectivity index (χ2v) is 12.8. The number of nitrogens with two attached hydrogens (primary N) is 1. The van der Waals surface area contributed by atoms with E-state index >= 15 is 0 Å². The summed E-state index contributed by atoms with van der Waals surface area (Å²) in [7, 11) is -2.54. The molecule has 0 radical (unpaired) electrons. The van der Waals surface area contributed by atoms with E-state index in [9.17, 15) is 22.8 Å². The van der Waals surface area contributed by atoms with Crippen molar-refractivity contribution in [1.82, 2.24) is 20.3 Å². The largest absolute Gasteiger partial charge is 0.384 e. The first-order chi connectivity index (χ1) is 20.6. The molecule has 3 amide bonds. The average molecular weight is 612 g/mol. The molecule has 0 saturated carbocycles. The van der Waals surface area contributed by atoms with Crippen molar-refractivity contribution in [3.8, 4) is 0 Å². The van der Waals surface area contributed by atoms with Gasteiger partial charge >= 0.3 is 0 Å². The lowest BCUT2D eigenvalue weighted by Crippen LogP contribution is -2.51. The molecule has 0 aromatic heterocycles. The first-order valence-corrected chi connectivity index (χ1v) is 16.1. The maximum absolute atomic E-state index is 13.9. The van der Waals surface area contributed by atoms with Crippen molar-refractivity contribution in [3.05, 3.63) is 59.7 Å². The average Bonchev–Trinajstić information content (AvgIpc) is 3.01. The number of amides is 3. The summed E-state index contributed by atoms with van der Waals surface area (Å²) in [6, 6.07) is 11.9. The first-order valence-electron chi connectivity index (χ1n) is 14.6. The highest BCUT2D eigenvalue weighted by molar-refractivity contribution is 7.89. The Hall–Kier alpha value is -3.81. The van der Waals surface area contributed by atoms with Crippen molar-refractivity contribution in [1.29, 1.82) is 5.41 Å². The molecule has 0 unspecified atom stereocenters. The number of carbonyl (C=O) groups is 3. The molecule has 13 heteroatoms. The molecule has 232 valence electrons. The Morgan fingerprint density at radius 1 is 1.12 bits per heavy atom. The molecule has 2 aromatic carbocycles. The molecule has 2 fully saturated rings. The first kappa shape index (κ1) is 32.1. The number of hydrogen-bond acceptors (Lipinski definition) is 7. The minimum atomic E-state index is -4.16. The monoisotopic (exact) mass is 611 g/mol. The van der Waals surface area contributed by atoms with Crippen LogP contribution < -0.4 is 26.0 Å². The number of piperazine rings is 1. The third-order valence-corrected chi connectivity index (χ3v) is 9.49. The van der Waals surface area contributed by atoms with Crippen LogP contribution in [0.15, 0.2) is 53.4 Å². The SMILES string of the molecule is CNC(=O)CCCC1CCN(C(=O)[C@@H](Cc2cccc(C(=N)N)c2)NS(=O)(=O)c2cccc(N3CCNCC3=O)c2)CC1. The molecule has 2 heterocycles. The number of nitrogens with zero attached hydrogens (tertiary/aromatic N) is 2. The molecule has 2 aliphatic rings. The standard InChI is InChI=1S/C30H41N7O5S/c1-33-27(38)10-3-5-21-11-14-36(15-12-21)30(40)26(18-22-6-2-7-23(17-22)29(31)32)35-43(41,42)25-9-4-8-24(19-25)37-16-13-34-20-28(37)39/h2,4,6-9,17,19,21,26,34-35H,3,5,10-16,18,20H2,1H3,(H3,31,32)(H,33,38)/t26-/m1/s1. The second kappa shape index (κ2) is 14.6. The Balaban J connectivity index is 1.52. The van der Waals surface area contributed by atoms with Crippen molar-refractivity contribution in [3.63, 3.8) is 0 Å². The highest BCUT2D eigenvalue weighted by atomic mass is 32.2. The van der Waals surface area contributed by atoms with E-state index in [1.807, 2.05) is 0 Å². The van der Waals surface area contributed by atoms with Crippen molar-refractivity contribution in [2.75, 3.05) is 44.7 Å². The van der Waals surface area contributed by atoms with E-state index < -0.39 is 16.1 Å². The zero-order valence-corrected chi connectivity index (χ0v) is 25.3. The lowest BCUT2D eigenvalue weighted by atomic mass is 9.91. The predicted octanol–water partition coefficient (Wildman–Crippen LogP) is 0.951. The zero-order chi connectivity index (χ0) is 31.0. The van der Waals surface area contributed by atoms with Gasteiger partial charge in [0.25, 0.3) is 0 Å². The second-order valence-electron chi connectivity index (χ2n) is 11.0. The van der Waals surface area contributed by atoms with Gasteiger partial charge in [-0.05, 0) is 67.9 Å². The third-order valence-electron chi connectivity index (χ3n) is 8.02. The minimum absolute atomic E-state index is 0.0154. The molecule has 43 heavy (non-hydrogen) atoms. The minimum Gasteiger partial charge on any atom is -0.384 e. The normalized spacial score (nSPS) is 17.0. The van der Waals surface area contributed by atoms with Gasteiger partial charge in [0.15, 0.2) is 0 Å². The van der Waals surface area contributed by atoms with Crippen molar-refractivity contribution in [2.45, 2.75) is 49.5 Å². The van der Waals surface area contributed by atoms with Gasteiger partial charge < -0.3 is 26.2 Å². The van der Waals surface area contributed by atoms with Crippen LogP contribution in [0.5, 0.6) is 0 Å². The van der Waals surface area contributed by atoms with E-state index in [4.69, 9.17) is 11.1 Å². The lowest BCUT2D eigenvalue weighted by Gasteiger charge is -2.34. The number of carbonyl (C=O) groups excluding carboxylic acids is 3. The van der Waals surface area contributed by atoms with Gasteiger partial charge in [-0.3, -0.25) is 19.8 Å². The van der Waals surface area contributed by atoms with Gasteiger partial charge in [0.05, 0.1) is 11.4 Å². The number of likely N-dealkylation sites (tertiary alicyclic amines) is 1. The molecule has 1 atom stereocenters. The number of sulfonamides is 1. The Bertz CT molecular complexity index is 1440. The number of rotatable bonds is 12. The highest BCUT2D eigenvalue weighted by Gasteiger charge is 2.32. The molecule has 0 bridgehead atoms. The summed E-state index contributed by atoms with van der Waals surface area (Å²) in [5.41, 5.74) is 7.29. The van der Waals surface area contributed by atoms with Crippen LogP contribution in [0.3, 0.4) is 0 Å². The fourth-order valence-electron chi connectivity index (χ4n) is 5.57. The Morgan fingerprint density at radius 3 is 2.56 bits per heavy atom. The fraction of sp³-hybridized carbons (Fsp3) is 0.467. The molecule has 0 aliphatic carbocycles. The van der Waals surface area contributed by atoms with Crippen LogP contribution in [-0.2, 0) is 30.8 Å². The number of amidine groups is 1. The molecular weight excluding hydrogens is 570 g/mol. The zero-order valence-electron chi connectivity index (χ0n) is 24.5. The molecular formula is C30H41N7O5S. The van der Waals surface area contributed by atoms with Crippen LogP contribution in [0.25, 0.3) is 0 Å². The van der Waals surface area contributed by atoms with Crippen LogP contribution in [-0.4, -0.2) is 82.7 Å². The van der Waals surface area contributed by atoms with Gasteiger partial charge in [0.2, 0.25) is 27.7 Å². The molecule has 2 aromatic rings. The summed E-state index contributed by atoms with van der Waals surface area (Å²) in [5, 5.41) is 13.4. The Kier molecular flexibility index (Phi) is 10.9. The Morgan fingerprint density at radius 2 is 1.86 bits per heavy atom. The van der Waals surface area contributed by atoms with E-state index in [-0.39, 0.29) is 41.4 Å². The molecule has 4 rings (SSSR count). The van der Waals surface area contributed by atoms with Crippen molar-refractivity contribution >= 4 is 39.3 Å². The predicted molar refractivity (Wildman–Crippen MR) is 164 cm³/mol. The maximum Gasteiger partial charge on any atom is 0.241 e. The number of nitrogens with one attached hydrogen (secondary N) is 4. The summed E-state index contributed by atoms with van der Waals surface area (Å²) in [4.78, 5) is 41.0. The van der Waals surface area contributed by atoms with Crippen LogP contribution >= 0.6 is 0 Å². The van der Waals surface area contributed by atoms with Crippen molar-refractivity contribution < 1.29 is 22.8 Å². The summed E-state index contributed by atoms with van der Waals surface area (Å²) < 4.78 is 30.0. The number of anilines is 1. The molecule has 0 spiro atoms. The topological polar surface area (TPSA) is 178 Å². The van der Waals surface area contributed by atoms with E-state index in [2.05, 4.69) is 15.4 Å². The summed E-state index contributed by atoms with van der Waals surface area (Å²) >= 11 is 0. The van der Waals surface area contributed by atoms with Gasteiger partial charge in [0, 0.05) is 50.9 Å². The summed E-state index contributed by atoms with van der Waals surface area (Å²) in [5.74, 6) is -0.186. The number of piperidine rings is 1. The molecule has 6 N–H and O–H groups in total. The van der Waals surface area contributed by atoms with Gasteiger partial charge in [-0.15, -0.1) is 0 Å². The number of benzene rings is 2. The van der Waals surface area contributed by atoms with Crippen molar-refractivity contribution in [2.24, 2.45) is 11.7 Å². The summed E-state index contributed by atoms with van der Waals surface area (Å²) in [6.07, 6.45) is 3.78. The molecule has 12 nitrogen and oxygen atoms in total. The van der Waals surface area contributed by atoms with Gasteiger partial charge in [-0.1, -0.05) is 24.3 Å². The van der Waals surface area contributed by atoms with E-state index in [1.54, 1.807) is 53.2 Å². The number of nitrogen functional groups attached to an aromatic ring is 1.